The normalized spacial score (nSPS) is 12.9. The second kappa shape index (κ2) is 8.41. The van der Waals surface area contributed by atoms with E-state index in [4.69, 9.17) is 13.3 Å². The average Bonchev–Trinajstić information content (AvgIpc) is 2.41. The second-order valence-corrected chi connectivity index (χ2v) is 5.89. The van der Waals surface area contributed by atoms with Gasteiger partial charge in [-0.25, -0.2) is 13.2 Å². The van der Waals surface area contributed by atoms with E-state index in [0.717, 1.165) is 6.07 Å². The van der Waals surface area contributed by atoms with Crippen LogP contribution >= 0.6 is 0 Å². The van der Waals surface area contributed by atoms with Crippen LogP contribution in [0, 0.1) is 17.5 Å². The summed E-state index contributed by atoms with van der Waals surface area (Å²) < 4.78 is 54.7. The molecule has 0 bridgehead atoms. The fourth-order valence-corrected chi connectivity index (χ4v) is 2.54. The number of aryl methyl sites for hydroxylation is 1. The van der Waals surface area contributed by atoms with E-state index in [2.05, 4.69) is 0 Å². The van der Waals surface area contributed by atoms with Gasteiger partial charge in [0.15, 0.2) is 11.6 Å². The maximum atomic E-state index is 13.4. The summed E-state index contributed by atoms with van der Waals surface area (Å²) in [7, 11) is 1.28. The number of halogens is 3. The molecule has 0 aliphatic carbocycles. The Balaban J connectivity index is 2.42. The van der Waals surface area contributed by atoms with Gasteiger partial charge in [-0.05, 0) is 37.8 Å². The highest BCUT2D eigenvalue weighted by Crippen LogP contribution is 2.17. The molecule has 20 heavy (non-hydrogen) atoms. The summed E-state index contributed by atoms with van der Waals surface area (Å²) in [6.45, 7) is 1.85. The highest BCUT2D eigenvalue weighted by atomic mass is 28.3. The lowest BCUT2D eigenvalue weighted by atomic mass is 10.1. The Labute approximate surface area is 118 Å². The third-order valence-electron chi connectivity index (χ3n) is 2.78. The van der Waals surface area contributed by atoms with Crippen LogP contribution in [0.15, 0.2) is 12.1 Å². The van der Waals surface area contributed by atoms with Crippen LogP contribution in [0.1, 0.15) is 25.3 Å². The zero-order valence-electron chi connectivity index (χ0n) is 11.7. The molecule has 0 fully saturated rings. The minimum Gasteiger partial charge on any atom is -0.375 e. The maximum absolute atomic E-state index is 13.4. The molecule has 0 spiro atoms. The van der Waals surface area contributed by atoms with Crippen molar-refractivity contribution in [1.82, 2.24) is 0 Å². The monoisotopic (exact) mass is 307 g/mol. The van der Waals surface area contributed by atoms with Crippen molar-refractivity contribution >= 4 is 9.53 Å². The van der Waals surface area contributed by atoms with Gasteiger partial charge in [0, 0.05) is 26.4 Å². The number of hydrogen-bond acceptors (Lipinski definition) is 3. The molecule has 0 saturated heterocycles. The summed E-state index contributed by atoms with van der Waals surface area (Å²) in [5.74, 6) is -2.93. The van der Waals surface area contributed by atoms with Gasteiger partial charge in [0.1, 0.15) is 5.82 Å². The van der Waals surface area contributed by atoms with Crippen molar-refractivity contribution in [2.75, 3.05) is 14.2 Å². The van der Waals surface area contributed by atoms with Crippen LogP contribution in [-0.4, -0.2) is 29.9 Å². The Morgan fingerprint density at radius 1 is 1.05 bits per heavy atom. The lowest BCUT2D eigenvalue weighted by Crippen LogP contribution is -2.28. The summed E-state index contributed by atoms with van der Waals surface area (Å²) in [6.07, 6.45) is 1.43. The van der Waals surface area contributed by atoms with Gasteiger partial charge in [-0.2, -0.15) is 0 Å². The number of hydrogen-bond donors (Lipinski definition) is 0. The van der Waals surface area contributed by atoms with Gasteiger partial charge >= 0.3 is 9.53 Å². The molecular weight excluding hydrogens is 289 g/mol. The van der Waals surface area contributed by atoms with E-state index in [1.165, 1.54) is 14.2 Å². The Morgan fingerprint density at radius 2 is 1.65 bits per heavy atom. The van der Waals surface area contributed by atoms with Crippen molar-refractivity contribution in [1.29, 1.82) is 0 Å². The summed E-state index contributed by atoms with van der Waals surface area (Å²) in [5.41, 5.74) is 0.167. The van der Waals surface area contributed by atoms with Gasteiger partial charge in [-0.15, -0.1) is 0 Å². The highest BCUT2D eigenvalue weighted by molar-refractivity contribution is 6.36. The molecule has 1 atom stereocenters. The predicted molar refractivity (Wildman–Crippen MR) is 69.6 cm³/mol. The number of rotatable bonds is 8. The van der Waals surface area contributed by atoms with Crippen LogP contribution in [0.25, 0.3) is 0 Å². The van der Waals surface area contributed by atoms with Gasteiger partial charge in [0.25, 0.3) is 0 Å². The minimum absolute atomic E-state index is 0.114. The first kappa shape index (κ1) is 17.2. The standard InChI is InChI=1S/C13H18F3O3Si/c1-9(19-20(17-2)18-3)5-4-6-10-7-12(15)13(16)8-11(10)14/h7-9H,4-6H2,1-3H3. The van der Waals surface area contributed by atoms with Crippen LogP contribution in [0.3, 0.4) is 0 Å². The van der Waals surface area contributed by atoms with E-state index in [-0.39, 0.29) is 11.7 Å². The summed E-state index contributed by atoms with van der Waals surface area (Å²) in [5, 5.41) is 0. The SMILES string of the molecule is CO[Si](OC)OC(C)CCCc1cc(F)c(F)cc1F. The average molecular weight is 307 g/mol. The first-order chi connectivity index (χ1) is 9.47. The molecule has 0 N–H and O–H groups in total. The van der Waals surface area contributed by atoms with Gasteiger partial charge in [0.05, 0.1) is 0 Å². The van der Waals surface area contributed by atoms with Crippen LogP contribution in [0.4, 0.5) is 13.2 Å². The largest absolute Gasteiger partial charge is 0.577 e. The van der Waals surface area contributed by atoms with Crippen LogP contribution in [-0.2, 0) is 19.7 Å². The van der Waals surface area contributed by atoms with E-state index in [0.29, 0.717) is 25.3 Å². The van der Waals surface area contributed by atoms with E-state index in [1.54, 1.807) is 0 Å². The summed E-state index contributed by atoms with van der Waals surface area (Å²) >= 11 is 0. The molecule has 1 radical (unpaired) electrons. The Morgan fingerprint density at radius 3 is 2.25 bits per heavy atom. The van der Waals surface area contributed by atoms with Gasteiger partial charge in [0.2, 0.25) is 0 Å². The maximum Gasteiger partial charge on any atom is 0.577 e. The van der Waals surface area contributed by atoms with Gasteiger partial charge < -0.3 is 13.3 Å². The molecule has 1 unspecified atom stereocenters. The van der Waals surface area contributed by atoms with Crippen LogP contribution in [0.5, 0.6) is 0 Å². The van der Waals surface area contributed by atoms with Gasteiger partial charge in [-0.3, -0.25) is 0 Å². The van der Waals surface area contributed by atoms with Crippen molar-refractivity contribution in [3.05, 3.63) is 35.1 Å². The Kier molecular flexibility index (Phi) is 7.21. The van der Waals surface area contributed by atoms with Crippen molar-refractivity contribution in [3.8, 4) is 0 Å². The molecule has 1 aromatic carbocycles. The topological polar surface area (TPSA) is 27.7 Å². The lowest BCUT2D eigenvalue weighted by Gasteiger charge is -2.16. The number of benzene rings is 1. The van der Waals surface area contributed by atoms with E-state index in [1.807, 2.05) is 6.92 Å². The minimum atomic E-state index is -1.72. The summed E-state index contributed by atoms with van der Waals surface area (Å²) in [4.78, 5) is 0. The lowest BCUT2D eigenvalue weighted by molar-refractivity contribution is 0.0896. The van der Waals surface area contributed by atoms with Crippen LogP contribution in [0.2, 0.25) is 0 Å². The third kappa shape index (κ3) is 5.24. The molecule has 113 valence electrons. The molecule has 1 aromatic rings. The zero-order valence-corrected chi connectivity index (χ0v) is 12.7. The van der Waals surface area contributed by atoms with E-state index >= 15 is 0 Å². The van der Waals surface area contributed by atoms with Crippen molar-refractivity contribution < 1.29 is 26.4 Å². The fraction of sp³-hybridized carbons (Fsp3) is 0.538. The molecular formula is C13H18F3O3Si. The van der Waals surface area contributed by atoms with Gasteiger partial charge in [-0.1, -0.05) is 0 Å². The molecule has 0 amide bonds. The smallest absolute Gasteiger partial charge is 0.375 e. The Hall–Kier alpha value is -0.893. The Bertz CT molecular complexity index is 428. The molecule has 0 heterocycles. The zero-order chi connectivity index (χ0) is 15.1. The fourth-order valence-electron chi connectivity index (χ4n) is 1.74. The van der Waals surface area contributed by atoms with Crippen LogP contribution < -0.4 is 0 Å². The predicted octanol–water partition coefficient (Wildman–Crippen LogP) is 3.11. The molecule has 0 aromatic heterocycles. The quantitative estimate of drug-likeness (QED) is 0.545. The van der Waals surface area contributed by atoms with E-state index in [9.17, 15) is 13.2 Å². The van der Waals surface area contributed by atoms with Crippen molar-refractivity contribution in [2.45, 2.75) is 32.3 Å². The highest BCUT2D eigenvalue weighted by Gasteiger charge is 2.19. The molecule has 7 heteroatoms. The molecule has 0 aliphatic heterocycles. The first-order valence-corrected chi connectivity index (χ1v) is 7.45. The van der Waals surface area contributed by atoms with Crippen molar-refractivity contribution in [3.63, 3.8) is 0 Å². The summed E-state index contributed by atoms with van der Waals surface area (Å²) in [6, 6.07) is 1.47. The molecule has 0 aliphatic rings. The second-order valence-electron chi connectivity index (χ2n) is 4.34. The molecule has 1 rings (SSSR count). The van der Waals surface area contributed by atoms with E-state index < -0.39 is 27.0 Å². The third-order valence-corrected chi connectivity index (χ3v) is 4.04. The first-order valence-electron chi connectivity index (χ1n) is 6.23. The van der Waals surface area contributed by atoms with Crippen molar-refractivity contribution in [2.24, 2.45) is 0 Å². The molecule has 3 nitrogen and oxygen atoms in total. The molecule has 0 saturated carbocycles.